The highest BCUT2D eigenvalue weighted by molar-refractivity contribution is 5.91. The lowest BCUT2D eigenvalue weighted by atomic mass is 10.0. The van der Waals surface area contributed by atoms with Crippen molar-refractivity contribution in [1.29, 1.82) is 0 Å². The van der Waals surface area contributed by atoms with Crippen molar-refractivity contribution in [1.82, 2.24) is 24.5 Å². The third-order valence-corrected chi connectivity index (χ3v) is 5.48. The van der Waals surface area contributed by atoms with Crippen LogP contribution < -0.4 is 9.47 Å². The number of ether oxygens (including phenoxy) is 2. The fourth-order valence-electron chi connectivity index (χ4n) is 4.13. The van der Waals surface area contributed by atoms with E-state index in [0.717, 1.165) is 47.7 Å². The molecule has 1 aromatic carbocycles. The highest BCUT2D eigenvalue weighted by Crippen LogP contribution is 2.38. The minimum Gasteiger partial charge on any atom is -0.490 e. The van der Waals surface area contributed by atoms with E-state index in [9.17, 15) is 4.79 Å². The fourth-order valence-corrected chi connectivity index (χ4v) is 4.13. The summed E-state index contributed by atoms with van der Waals surface area (Å²) in [6.07, 6.45) is 2.70. The zero-order valence-electron chi connectivity index (χ0n) is 16.6. The lowest BCUT2D eigenvalue weighted by Crippen LogP contribution is -2.31. The molecule has 2 aromatic heterocycles. The number of fused-ring (bicyclic) bond motifs is 2. The van der Waals surface area contributed by atoms with E-state index in [2.05, 4.69) is 15.1 Å². The topological polar surface area (TPSA) is 81.9 Å². The van der Waals surface area contributed by atoms with Gasteiger partial charge in [0, 0.05) is 24.4 Å². The van der Waals surface area contributed by atoms with E-state index in [1.165, 1.54) is 0 Å². The quantitative estimate of drug-likeness (QED) is 0.666. The molecule has 5 rings (SSSR count). The third kappa shape index (κ3) is 3.18. The number of amides is 1. The lowest BCUT2D eigenvalue weighted by Gasteiger charge is -2.24. The first-order chi connectivity index (χ1) is 14.1. The third-order valence-electron chi connectivity index (χ3n) is 5.48. The van der Waals surface area contributed by atoms with Crippen LogP contribution in [0.25, 0.3) is 5.78 Å². The highest BCUT2D eigenvalue weighted by atomic mass is 16.5. The Labute approximate surface area is 168 Å². The number of carbonyl (C=O) groups is 1. The number of likely N-dealkylation sites (tertiary alicyclic amines) is 1. The standard InChI is InChI=1S/C21H23N5O3/c1-13-11-14(2)26-21(22-13)23-19(24-26)20(27)25-8-3-5-16(25)15-6-7-17-18(12-15)29-10-4-9-28-17/h6-7,11-12,16H,3-5,8-10H2,1-2H3/t16-/m1/s1. The van der Waals surface area contributed by atoms with Gasteiger partial charge in [-0.1, -0.05) is 6.07 Å². The van der Waals surface area contributed by atoms with E-state index in [4.69, 9.17) is 9.47 Å². The molecule has 1 atom stereocenters. The molecule has 0 radical (unpaired) electrons. The van der Waals surface area contributed by atoms with Crippen LogP contribution in [0, 0.1) is 13.8 Å². The van der Waals surface area contributed by atoms with Gasteiger partial charge in [-0.2, -0.15) is 4.98 Å². The number of aromatic nitrogens is 4. The van der Waals surface area contributed by atoms with Gasteiger partial charge in [0.15, 0.2) is 11.5 Å². The fraction of sp³-hybridized carbons (Fsp3) is 0.429. The minimum absolute atomic E-state index is 0.0259. The van der Waals surface area contributed by atoms with E-state index in [-0.39, 0.29) is 17.8 Å². The molecular formula is C21H23N5O3. The molecule has 1 fully saturated rings. The Kier molecular flexibility index (Phi) is 4.34. The summed E-state index contributed by atoms with van der Waals surface area (Å²) < 4.78 is 13.2. The summed E-state index contributed by atoms with van der Waals surface area (Å²) in [5.74, 6) is 1.99. The number of aryl methyl sites for hydroxylation is 2. The molecule has 0 unspecified atom stereocenters. The van der Waals surface area contributed by atoms with Crippen LogP contribution in [0.1, 0.15) is 52.9 Å². The molecule has 2 aliphatic heterocycles. The van der Waals surface area contributed by atoms with Crippen molar-refractivity contribution >= 4 is 11.7 Å². The van der Waals surface area contributed by atoms with Gasteiger partial charge in [0.2, 0.25) is 5.82 Å². The van der Waals surface area contributed by atoms with Gasteiger partial charge < -0.3 is 14.4 Å². The number of hydrogen-bond acceptors (Lipinski definition) is 6. The molecule has 0 aliphatic carbocycles. The van der Waals surface area contributed by atoms with Crippen LogP contribution in [0.15, 0.2) is 24.3 Å². The normalized spacial score (nSPS) is 18.8. The molecule has 29 heavy (non-hydrogen) atoms. The van der Waals surface area contributed by atoms with E-state index in [0.29, 0.717) is 25.5 Å². The Morgan fingerprint density at radius 1 is 1.07 bits per heavy atom. The Morgan fingerprint density at radius 2 is 1.90 bits per heavy atom. The van der Waals surface area contributed by atoms with Crippen LogP contribution in [0.4, 0.5) is 0 Å². The molecule has 0 bridgehead atoms. The molecule has 0 N–H and O–H groups in total. The molecule has 0 saturated carbocycles. The van der Waals surface area contributed by atoms with Gasteiger partial charge in [-0.25, -0.2) is 9.50 Å². The van der Waals surface area contributed by atoms with Crippen molar-refractivity contribution in [2.75, 3.05) is 19.8 Å². The van der Waals surface area contributed by atoms with Gasteiger partial charge in [0.1, 0.15) is 0 Å². The van der Waals surface area contributed by atoms with Gasteiger partial charge in [-0.3, -0.25) is 4.79 Å². The Morgan fingerprint density at radius 3 is 2.76 bits per heavy atom. The summed E-state index contributed by atoms with van der Waals surface area (Å²) in [6, 6.07) is 7.86. The van der Waals surface area contributed by atoms with Crippen molar-refractivity contribution in [3.05, 3.63) is 47.0 Å². The second kappa shape index (κ2) is 7.02. The van der Waals surface area contributed by atoms with Crippen LogP contribution in [-0.4, -0.2) is 50.1 Å². The zero-order chi connectivity index (χ0) is 20.0. The maximum Gasteiger partial charge on any atom is 0.294 e. The van der Waals surface area contributed by atoms with Crippen LogP contribution in [-0.2, 0) is 0 Å². The number of nitrogens with zero attached hydrogens (tertiary/aromatic N) is 5. The molecule has 3 aromatic rings. The van der Waals surface area contributed by atoms with Crippen LogP contribution in [0.3, 0.4) is 0 Å². The predicted molar refractivity (Wildman–Crippen MR) is 105 cm³/mol. The Bertz CT molecular complexity index is 1090. The average Bonchev–Trinajstić information content (AvgIpc) is 3.29. The predicted octanol–water partition coefficient (Wildman–Crippen LogP) is 2.88. The summed E-state index contributed by atoms with van der Waals surface area (Å²) in [4.78, 5) is 23.9. The minimum atomic E-state index is -0.165. The number of rotatable bonds is 2. The molecule has 8 nitrogen and oxygen atoms in total. The first-order valence-corrected chi connectivity index (χ1v) is 10.0. The summed E-state index contributed by atoms with van der Waals surface area (Å²) in [6.45, 7) is 5.82. The lowest BCUT2D eigenvalue weighted by molar-refractivity contribution is 0.0723. The van der Waals surface area contributed by atoms with Gasteiger partial charge in [0.25, 0.3) is 11.7 Å². The van der Waals surface area contributed by atoms with Crippen molar-refractivity contribution in [3.63, 3.8) is 0 Å². The monoisotopic (exact) mass is 393 g/mol. The molecule has 4 heterocycles. The summed E-state index contributed by atoms with van der Waals surface area (Å²) in [5.41, 5.74) is 2.81. The second-order valence-corrected chi connectivity index (χ2v) is 7.60. The number of carbonyl (C=O) groups excluding carboxylic acids is 1. The first kappa shape index (κ1) is 17.9. The van der Waals surface area contributed by atoms with Gasteiger partial charge >= 0.3 is 0 Å². The first-order valence-electron chi connectivity index (χ1n) is 10.0. The number of hydrogen-bond donors (Lipinski definition) is 0. The molecule has 0 spiro atoms. The summed E-state index contributed by atoms with van der Waals surface area (Å²) >= 11 is 0. The van der Waals surface area contributed by atoms with Gasteiger partial charge in [-0.15, -0.1) is 5.10 Å². The molecule has 150 valence electrons. The largest absolute Gasteiger partial charge is 0.490 e. The molecular weight excluding hydrogens is 370 g/mol. The molecule has 1 amide bonds. The van der Waals surface area contributed by atoms with E-state index >= 15 is 0 Å². The van der Waals surface area contributed by atoms with Crippen LogP contribution in [0.2, 0.25) is 0 Å². The average molecular weight is 393 g/mol. The SMILES string of the molecule is Cc1cc(C)n2nc(C(=O)N3CCC[C@@H]3c3ccc4c(c3)OCCCO4)nc2n1. The van der Waals surface area contributed by atoms with Crippen molar-refractivity contribution < 1.29 is 14.3 Å². The van der Waals surface area contributed by atoms with Crippen LogP contribution in [0.5, 0.6) is 11.5 Å². The zero-order valence-corrected chi connectivity index (χ0v) is 16.6. The molecule has 8 heteroatoms. The van der Waals surface area contributed by atoms with Gasteiger partial charge in [0.05, 0.1) is 19.3 Å². The van der Waals surface area contributed by atoms with Gasteiger partial charge in [-0.05, 0) is 50.5 Å². The van der Waals surface area contributed by atoms with Crippen molar-refractivity contribution in [2.45, 2.75) is 39.2 Å². The van der Waals surface area contributed by atoms with Crippen molar-refractivity contribution in [3.8, 4) is 11.5 Å². The highest BCUT2D eigenvalue weighted by Gasteiger charge is 2.33. The Balaban J connectivity index is 1.46. The summed E-state index contributed by atoms with van der Waals surface area (Å²) in [5, 5.41) is 4.42. The molecule has 1 saturated heterocycles. The maximum atomic E-state index is 13.2. The van der Waals surface area contributed by atoms with Crippen molar-refractivity contribution in [2.24, 2.45) is 0 Å². The Hall–Kier alpha value is -3.16. The second-order valence-electron chi connectivity index (χ2n) is 7.60. The number of benzene rings is 1. The summed E-state index contributed by atoms with van der Waals surface area (Å²) in [7, 11) is 0. The molecule has 2 aliphatic rings. The maximum absolute atomic E-state index is 13.2. The van der Waals surface area contributed by atoms with E-state index < -0.39 is 0 Å². The smallest absolute Gasteiger partial charge is 0.294 e. The van der Waals surface area contributed by atoms with E-state index in [1.54, 1.807) is 4.52 Å². The van der Waals surface area contributed by atoms with Crippen LogP contribution >= 0.6 is 0 Å². The van der Waals surface area contributed by atoms with E-state index in [1.807, 2.05) is 43.0 Å².